The Bertz CT molecular complexity index is 366. The summed E-state index contributed by atoms with van der Waals surface area (Å²) in [7, 11) is 0. The van der Waals surface area contributed by atoms with Gasteiger partial charge in [-0.25, -0.2) is 0 Å². The van der Waals surface area contributed by atoms with Gasteiger partial charge >= 0.3 is 96.1 Å². The minimum absolute atomic E-state index is 0.0759. The van der Waals surface area contributed by atoms with Crippen LogP contribution in [0.25, 0.3) is 0 Å². The Labute approximate surface area is 96.0 Å². The molecule has 0 amide bonds. The molecule has 0 aliphatic heterocycles. The van der Waals surface area contributed by atoms with E-state index in [1.54, 1.807) is 0 Å². The summed E-state index contributed by atoms with van der Waals surface area (Å²) in [5.74, 6) is -0.777. The predicted octanol–water partition coefficient (Wildman–Crippen LogP) is 0.659. The molecule has 3 N–H and O–H groups in total. The molecule has 0 heterocycles. The van der Waals surface area contributed by atoms with Crippen molar-refractivity contribution in [1.82, 2.24) is 5.32 Å². The SMILES string of the molecule is C=C(N)NCc1ccc(F)c([At])c1F. The summed E-state index contributed by atoms with van der Waals surface area (Å²) in [6.07, 6.45) is 0. The zero-order valence-electron chi connectivity index (χ0n) is 7.28. The van der Waals surface area contributed by atoms with Crippen molar-refractivity contribution >= 4 is 3.27 Å². The van der Waals surface area contributed by atoms with Gasteiger partial charge in [0.15, 0.2) is 0 Å². The molecule has 0 saturated heterocycles. The molecule has 0 unspecified atom stereocenters. The summed E-state index contributed by atoms with van der Waals surface area (Å²) in [6, 6.07) is 2.64. The van der Waals surface area contributed by atoms with Gasteiger partial charge in [0, 0.05) is 0 Å². The normalized spacial score (nSPS) is 9.93. The van der Waals surface area contributed by atoms with E-state index in [1.165, 1.54) is 12.1 Å². The third kappa shape index (κ3) is 2.64. The zero-order chi connectivity index (χ0) is 10.7. The molecule has 5 heteroatoms. The van der Waals surface area contributed by atoms with Gasteiger partial charge in [-0.1, -0.05) is 0 Å². The molecule has 0 spiro atoms. The maximum absolute atomic E-state index is 13.4. The van der Waals surface area contributed by atoms with Crippen molar-refractivity contribution < 1.29 is 33.5 Å². The molecule has 1 aromatic rings. The van der Waals surface area contributed by atoms with Crippen LogP contribution in [0.3, 0.4) is 0 Å². The van der Waals surface area contributed by atoms with E-state index in [0.29, 0.717) is 5.56 Å². The molecule has 0 atom stereocenters. The third-order valence-corrected chi connectivity index (χ3v) is 2.97. The fraction of sp³-hybridized carbons (Fsp3) is 0.111. The number of hydrogen-bond acceptors (Lipinski definition) is 2. The Morgan fingerprint density at radius 3 is 2.71 bits per heavy atom. The molecule has 14 heavy (non-hydrogen) atoms. The van der Waals surface area contributed by atoms with Crippen LogP contribution in [0.2, 0.25) is 0 Å². The number of rotatable bonds is 3. The molecule has 0 aliphatic rings. The number of hydrogen-bond donors (Lipinski definition) is 2. The van der Waals surface area contributed by atoms with Crippen LogP contribution in [-0.2, 0) is 6.54 Å². The minimum atomic E-state index is -0.519. The van der Waals surface area contributed by atoms with Gasteiger partial charge in [0.2, 0.25) is 0 Å². The molecule has 2 nitrogen and oxygen atoms in total. The molecule has 1 rings (SSSR count). The summed E-state index contributed by atoms with van der Waals surface area (Å²) in [6.45, 7) is 3.63. The average Bonchev–Trinajstić information content (AvgIpc) is 2.13. The maximum atomic E-state index is 13.4. The van der Waals surface area contributed by atoms with Gasteiger partial charge in [0.25, 0.3) is 0 Å². The van der Waals surface area contributed by atoms with E-state index in [9.17, 15) is 8.78 Å². The van der Waals surface area contributed by atoms with Crippen molar-refractivity contribution in [1.29, 1.82) is 0 Å². The molecule has 0 aliphatic carbocycles. The van der Waals surface area contributed by atoms with Crippen LogP contribution in [0.5, 0.6) is 0 Å². The van der Waals surface area contributed by atoms with Crippen molar-refractivity contribution in [3.05, 3.63) is 41.7 Å². The van der Waals surface area contributed by atoms with E-state index < -0.39 is 11.6 Å². The third-order valence-electron chi connectivity index (χ3n) is 1.62. The standard InChI is InChI=1S/C9H9AtF2N2/c1-5(13)14-4-6-2-3-7(11)8(10)9(6)12/h2-3,14H,1,4,13H2. The van der Waals surface area contributed by atoms with Crippen LogP contribution in [0.1, 0.15) is 5.56 Å². The van der Waals surface area contributed by atoms with Crippen molar-refractivity contribution in [3.63, 3.8) is 0 Å². The number of benzene rings is 1. The molecule has 0 fully saturated rings. The van der Waals surface area contributed by atoms with Crippen molar-refractivity contribution in [2.45, 2.75) is 6.54 Å². The first-order valence-electron chi connectivity index (χ1n) is 3.83. The van der Waals surface area contributed by atoms with Gasteiger partial charge in [-0.2, -0.15) is 0 Å². The first-order valence-corrected chi connectivity index (χ1v) is 5.30. The molecule has 0 bridgehead atoms. The van der Waals surface area contributed by atoms with Crippen LogP contribution in [0.15, 0.2) is 24.5 Å². The van der Waals surface area contributed by atoms with Crippen LogP contribution >= 0.6 is 0 Å². The summed E-state index contributed by atoms with van der Waals surface area (Å²) in [4.78, 5) is 0. The summed E-state index contributed by atoms with van der Waals surface area (Å²) >= 11 is 0.976. The number of nitrogens with two attached hydrogens (primary N) is 1. The van der Waals surface area contributed by atoms with Crippen molar-refractivity contribution in [2.24, 2.45) is 5.73 Å². The quantitative estimate of drug-likeness (QED) is 0.792. The fourth-order valence-corrected chi connectivity index (χ4v) is 1.63. The molecule has 76 valence electrons. The summed E-state index contributed by atoms with van der Waals surface area (Å²) < 4.78 is 26.3. The van der Waals surface area contributed by atoms with Crippen LogP contribution < -0.4 is 14.3 Å². The Balaban J connectivity index is 2.88. The van der Waals surface area contributed by atoms with Gasteiger partial charge in [-0.15, -0.1) is 0 Å². The Morgan fingerprint density at radius 1 is 1.50 bits per heavy atom. The van der Waals surface area contributed by atoms with Gasteiger partial charge < -0.3 is 0 Å². The topological polar surface area (TPSA) is 38.0 Å². The molecule has 1 aromatic carbocycles. The summed E-state index contributed by atoms with van der Waals surface area (Å²) in [5, 5.41) is 2.68. The monoisotopic (exact) mass is 393 g/mol. The van der Waals surface area contributed by atoms with Crippen molar-refractivity contribution in [2.75, 3.05) is 0 Å². The van der Waals surface area contributed by atoms with Crippen molar-refractivity contribution in [3.8, 4) is 0 Å². The van der Waals surface area contributed by atoms with E-state index in [2.05, 4.69) is 11.9 Å². The second-order valence-corrected chi connectivity index (χ2v) is 4.18. The molecule has 0 aromatic heterocycles. The van der Waals surface area contributed by atoms with Gasteiger partial charge in [0.1, 0.15) is 0 Å². The second-order valence-electron chi connectivity index (χ2n) is 2.71. The molecule has 0 saturated carbocycles. The zero-order valence-corrected chi connectivity index (χ0v) is 10.2. The first-order chi connectivity index (χ1) is 6.52. The first kappa shape index (κ1) is 11.4. The molecular weight excluding hydrogens is 384 g/mol. The second kappa shape index (κ2) is 4.69. The van der Waals surface area contributed by atoms with E-state index in [-0.39, 0.29) is 15.6 Å². The van der Waals surface area contributed by atoms with E-state index in [4.69, 9.17) is 5.73 Å². The number of nitrogens with one attached hydrogen (secondary N) is 1. The Morgan fingerprint density at radius 2 is 2.14 bits per heavy atom. The average molecular weight is 393 g/mol. The molecule has 0 radical (unpaired) electrons. The Kier molecular flexibility index (Phi) is 3.81. The van der Waals surface area contributed by atoms with Crippen LogP contribution in [-0.4, -0.2) is 0 Å². The predicted molar refractivity (Wildman–Crippen MR) is 46.2 cm³/mol. The van der Waals surface area contributed by atoms with Crippen LogP contribution in [0, 0.1) is 36.4 Å². The van der Waals surface area contributed by atoms with Gasteiger partial charge in [0.05, 0.1) is 0 Å². The van der Waals surface area contributed by atoms with Gasteiger partial charge in [-0.05, 0) is 0 Å². The Hall–Kier alpha value is -0.697. The fourth-order valence-electron chi connectivity index (χ4n) is 0.911. The van der Waals surface area contributed by atoms with E-state index in [0.717, 1.165) is 24.7 Å². The van der Waals surface area contributed by atoms with Gasteiger partial charge in [-0.3, -0.25) is 0 Å². The van der Waals surface area contributed by atoms with E-state index >= 15 is 0 Å². The number of halogens is 2. The molecular formula is C9H9AtF2N2. The summed E-state index contributed by atoms with van der Waals surface area (Å²) in [5.41, 5.74) is 5.64. The van der Waals surface area contributed by atoms with Crippen LogP contribution in [0.4, 0.5) is 8.78 Å². The van der Waals surface area contributed by atoms with E-state index in [1.807, 2.05) is 0 Å².